The zero-order chi connectivity index (χ0) is 15.7. The first-order valence-electron chi connectivity index (χ1n) is 5.95. The average Bonchev–Trinajstić information content (AvgIpc) is 2.71. The largest absolute Gasteiger partial charge is 0.465 e. The third-order valence-corrected chi connectivity index (χ3v) is 5.24. The molecule has 0 fully saturated rings. The first kappa shape index (κ1) is 16.7. The number of nitrogens with zero attached hydrogens (tertiary/aromatic N) is 1. The van der Waals surface area contributed by atoms with Gasteiger partial charge in [0.25, 0.3) is 0 Å². The monoisotopic (exact) mass is 305 g/mol. The van der Waals surface area contributed by atoms with Crippen molar-refractivity contribution in [2.45, 2.75) is 31.7 Å². The van der Waals surface area contributed by atoms with Crippen molar-refractivity contribution in [1.82, 2.24) is 4.31 Å². The van der Waals surface area contributed by atoms with Gasteiger partial charge in [0.05, 0.1) is 13.7 Å². The number of carbonyl (C=O) groups excluding carboxylic acids is 1. The van der Waals surface area contributed by atoms with Crippen LogP contribution in [-0.2, 0) is 14.8 Å². The van der Waals surface area contributed by atoms with Gasteiger partial charge in [-0.05, 0) is 20.8 Å². The Morgan fingerprint density at radius 2 is 1.95 bits per heavy atom. The molecule has 0 bridgehead atoms. The molecule has 8 heteroatoms. The fourth-order valence-corrected chi connectivity index (χ4v) is 3.53. The fourth-order valence-electron chi connectivity index (χ4n) is 1.81. The van der Waals surface area contributed by atoms with Gasteiger partial charge in [0.2, 0.25) is 10.0 Å². The summed E-state index contributed by atoms with van der Waals surface area (Å²) in [5.41, 5.74) is -0.109. The van der Waals surface area contributed by atoms with Gasteiger partial charge < -0.3 is 14.3 Å². The molecule has 1 unspecified atom stereocenters. The Morgan fingerprint density at radius 1 is 1.40 bits per heavy atom. The van der Waals surface area contributed by atoms with Gasteiger partial charge in [-0.3, -0.25) is 0 Å². The van der Waals surface area contributed by atoms with Gasteiger partial charge in [-0.2, -0.15) is 4.31 Å². The number of aryl methyl sites for hydroxylation is 2. The molecule has 0 saturated carbocycles. The van der Waals surface area contributed by atoms with E-state index in [0.717, 1.165) is 4.31 Å². The van der Waals surface area contributed by atoms with Crippen LogP contribution in [0.5, 0.6) is 0 Å². The Hall–Kier alpha value is -1.38. The number of carbonyl (C=O) groups is 1. The van der Waals surface area contributed by atoms with E-state index in [2.05, 4.69) is 4.74 Å². The number of hydrogen-bond acceptors (Lipinski definition) is 6. The van der Waals surface area contributed by atoms with Crippen LogP contribution in [0, 0.1) is 13.8 Å². The van der Waals surface area contributed by atoms with Gasteiger partial charge >= 0.3 is 5.97 Å². The van der Waals surface area contributed by atoms with E-state index in [1.165, 1.54) is 28.0 Å². The molecule has 0 aliphatic heterocycles. The predicted octanol–water partition coefficient (Wildman–Crippen LogP) is 0.684. The van der Waals surface area contributed by atoms with Crippen LogP contribution in [0.2, 0.25) is 0 Å². The lowest BCUT2D eigenvalue weighted by Crippen LogP contribution is -2.38. The number of furan rings is 1. The molecule has 1 atom stereocenters. The highest BCUT2D eigenvalue weighted by molar-refractivity contribution is 7.89. The first-order valence-corrected chi connectivity index (χ1v) is 7.39. The van der Waals surface area contributed by atoms with Crippen LogP contribution in [0.15, 0.2) is 9.31 Å². The number of rotatable bonds is 5. The Bertz CT molecular complexity index is 604. The van der Waals surface area contributed by atoms with Gasteiger partial charge in [0, 0.05) is 13.1 Å². The molecule has 20 heavy (non-hydrogen) atoms. The van der Waals surface area contributed by atoms with E-state index >= 15 is 0 Å². The molecular weight excluding hydrogens is 286 g/mol. The van der Waals surface area contributed by atoms with Crippen molar-refractivity contribution in [3.05, 3.63) is 17.1 Å². The minimum atomic E-state index is -3.97. The van der Waals surface area contributed by atoms with E-state index < -0.39 is 22.0 Å². The lowest BCUT2D eigenvalue weighted by atomic mass is 10.2. The van der Waals surface area contributed by atoms with Crippen molar-refractivity contribution in [3.63, 3.8) is 0 Å². The molecule has 0 aliphatic rings. The lowest BCUT2D eigenvalue weighted by molar-refractivity contribution is 0.0594. The number of methoxy groups -OCH3 is 1. The summed E-state index contributed by atoms with van der Waals surface area (Å²) in [5, 5.41) is 9.09. The Kier molecular flexibility index (Phi) is 4.95. The molecule has 0 amide bonds. The molecular formula is C12H19NO6S. The van der Waals surface area contributed by atoms with Crippen LogP contribution in [0.25, 0.3) is 0 Å². The number of sulfonamides is 1. The average molecular weight is 305 g/mol. The fraction of sp³-hybridized carbons (Fsp3) is 0.583. The van der Waals surface area contributed by atoms with Gasteiger partial charge in [0.1, 0.15) is 22.0 Å². The molecule has 1 aromatic heterocycles. The number of aliphatic hydroxyl groups excluding tert-OH is 1. The molecule has 0 saturated heterocycles. The summed E-state index contributed by atoms with van der Waals surface area (Å²) in [4.78, 5) is 11.5. The predicted molar refractivity (Wildman–Crippen MR) is 71.0 cm³/mol. The van der Waals surface area contributed by atoms with Crippen molar-refractivity contribution < 1.29 is 27.5 Å². The van der Waals surface area contributed by atoms with Crippen LogP contribution < -0.4 is 0 Å². The van der Waals surface area contributed by atoms with Crippen molar-refractivity contribution in [1.29, 1.82) is 0 Å². The second-order valence-electron chi connectivity index (χ2n) is 4.46. The molecule has 1 rings (SSSR count). The second kappa shape index (κ2) is 5.94. The summed E-state index contributed by atoms with van der Waals surface area (Å²) in [5.74, 6) is -0.485. The van der Waals surface area contributed by atoms with E-state index in [1.807, 2.05) is 0 Å². The molecule has 114 valence electrons. The van der Waals surface area contributed by atoms with Gasteiger partial charge in [-0.25, -0.2) is 13.2 Å². The molecule has 1 aromatic rings. The van der Waals surface area contributed by atoms with Crippen LogP contribution in [0.3, 0.4) is 0 Å². The van der Waals surface area contributed by atoms with E-state index in [1.54, 1.807) is 6.92 Å². The Labute approximate surface area is 118 Å². The van der Waals surface area contributed by atoms with Gasteiger partial charge in [-0.15, -0.1) is 0 Å². The zero-order valence-corrected chi connectivity index (χ0v) is 12.9. The van der Waals surface area contributed by atoms with Crippen molar-refractivity contribution in [2.24, 2.45) is 0 Å². The molecule has 0 aliphatic carbocycles. The molecule has 7 nitrogen and oxygen atoms in total. The summed E-state index contributed by atoms with van der Waals surface area (Å²) in [6, 6.07) is -0.625. The number of likely N-dealkylation sites (N-methyl/N-ethyl adjacent to an activating group) is 1. The molecule has 0 aromatic carbocycles. The molecule has 0 spiro atoms. The Morgan fingerprint density at radius 3 is 2.40 bits per heavy atom. The number of hydrogen-bond donors (Lipinski definition) is 1. The van der Waals surface area contributed by atoms with Crippen LogP contribution in [0.1, 0.15) is 28.8 Å². The topological polar surface area (TPSA) is 97.0 Å². The highest BCUT2D eigenvalue weighted by Crippen LogP contribution is 2.30. The Balaban J connectivity index is 3.50. The summed E-state index contributed by atoms with van der Waals surface area (Å²) in [6.07, 6.45) is 0. The van der Waals surface area contributed by atoms with E-state index in [4.69, 9.17) is 9.52 Å². The number of aliphatic hydroxyl groups is 1. The van der Waals surface area contributed by atoms with E-state index in [0.29, 0.717) is 0 Å². The van der Waals surface area contributed by atoms with Crippen molar-refractivity contribution in [3.8, 4) is 0 Å². The minimum absolute atomic E-state index is 0.109. The second-order valence-corrected chi connectivity index (χ2v) is 6.40. The van der Waals surface area contributed by atoms with Crippen LogP contribution in [0.4, 0.5) is 0 Å². The van der Waals surface area contributed by atoms with Crippen LogP contribution in [-0.4, -0.2) is 50.6 Å². The summed E-state index contributed by atoms with van der Waals surface area (Å²) >= 11 is 0. The maximum absolute atomic E-state index is 12.6. The minimum Gasteiger partial charge on any atom is -0.465 e. The molecule has 0 radical (unpaired) electrons. The summed E-state index contributed by atoms with van der Waals surface area (Å²) in [6.45, 7) is 4.17. The third kappa shape index (κ3) is 2.72. The van der Waals surface area contributed by atoms with Crippen molar-refractivity contribution in [2.75, 3.05) is 20.8 Å². The normalized spacial score (nSPS) is 13.6. The highest BCUT2D eigenvalue weighted by atomic mass is 32.2. The summed E-state index contributed by atoms with van der Waals surface area (Å²) < 4.78 is 36.0. The SMILES string of the molecule is COC(=O)c1c(C)oc(C)c1S(=O)(=O)N(C)C(C)CO. The number of ether oxygens (including phenoxy) is 1. The van der Waals surface area contributed by atoms with Gasteiger partial charge in [0.15, 0.2) is 0 Å². The molecule has 1 heterocycles. The summed E-state index contributed by atoms with van der Waals surface area (Å²) in [7, 11) is -1.47. The smallest absolute Gasteiger partial charge is 0.342 e. The quantitative estimate of drug-likeness (QED) is 0.804. The van der Waals surface area contributed by atoms with E-state index in [9.17, 15) is 13.2 Å². The van der Waals surface area contributed by atoms with Crippen LogP contribution >= 0.6 is 0 Å². The maximum atomic E-state index is 12.6. The van der Waals surface area contributed by atoms with Gasteiger partial charge in [-0.1, -0.05) is 0 Å². The van der Waals surface area contributed by atoms with E-state index in [-0.39, 0.29) is 28.6 Å². The van der Waals surface area contributed by atoms with Crippen molar-refractivity contribution >= 4 is 16.0 Å². The zero-order valence-electron chi connectivity index (χ0n) is 12.1. The lowest BCUT2D eigenvalue weighted by Gasteiger charge is -2.22. The highest BCUT2D eigenvalue weighted by Gasteiger charge is 2.35. The number of esters is 1. The molecule has 1 N–H and O–H groups in total. The standard InChI is InChI=1S/C12H19NO6S/c1-7(6-14)13(4)20(16,17)11-9(3)19-8(2)10(11)12(15)18-5/h7,14H,6H2,1-5H3. The third-order valence-electron chi connectivity index (χ3n) is 3.12. The first-order chi connectivity index (χ1) is 9.18. The maximum Gasteiger partial charge on any atom is 0.342 e.